The number of aliphatic hydroxyl groups excluding tert-OH is 2. The van der Waals surface area contributed by atoms with Crippen LogP contribution in [0, 0.1) is 6.92 Å². The van der Waals surface area contributed by atoms with E-state index in [4.69, 9.17) is 9.47 Å². The Morgan fingerprint density at radius 1 is 1.00 bits per heavy atom. The number of anilines is 1. The van der Waals surface area contributed by atoms with E-state index in [0.29, 0.717) is 19.5 Å². The van der Waals surface area contributed by atoms with Crippen molar-refractivity contribution in [2.24, 2.45) is 0 Å². The van der Waals surface area contributed by atoms with Gasteiger partial charge in [0.1, 0.15) is 11.2 Å². The molecule has 1 amide bonds. The first-order chi connectivity index (χ1) is 14.7. The molecule has 0 saturated carbocycles. The molecule has 0 aliphatic carbocycles. The third-order valence-corrected chi connectivity index (χ3v) is 4.46. The maximum Gasteiger partial charge on any atom is 0.407 e. The zero-order valence-electron chi connectivity index (χ0n) is 20.5. The Morgan fingerprint density at radius 3 is 2.06 bits per heavy atom. The highest BCUT2D eigenvalue weighted by Gasteiger charge is 2.25. The Labute approximate surface area is 191 Å². The number of aliphatic hydroxyl groups is 2. The van der Waals surface area contributed by atoms with Crippen LogP contribution in [0.3, 0.4) is 0 Å². The number of alkyl carbamates (subject to hydrolysis) is 1. The van der Waals surface area contributed by atoms with E-state index >= 15 is 0 Å². The van der Waals surface area contributed by atoms with Crippen LogP contribution in [0.25, 0.3) is 0 Å². The molecule has 8 heteroatoms. The number of carbonyl (C=O) groups excluding carboxylic acids is 2. The molecule has 0 aliphatic heterocycles. The van der Waals surface area contributed by atoms with Gasteiger partial charge < -0.3 is 29.9 Å². The fourth-order valence-corrected chi connectivity index (χ4v) is 3.18. The molecule has 0 bridgehead atoms. The highest BCUT2D eigenvalue weighted by molar-refractivity contribution is 5.73. The molecule has 0 spiro atoms. The number of carbonyl (C=O) groups is 2. The lowest BCUT2D eigenvalue weighted by Gasteiger charge is -2.27. The van der Waals surface area contributed by atoms with E-state index < -0.39 is 29.3 Å². The monoisotopic (exact) mass is 452 g/mol. The molecule has 1 rings (SSSR count). The Kier molecular flexibility index (Phi) is 10.4. The lowest BCUT2D eigenvalue weighted by molar-refractivity contribution is -0.155. The lowest BCUT2D eigenvalue weighted by Crippen LogP contribution is -2.42. The molecule has 1 aromatic carbocycles. The van der Waals surface area contributed by atoms with Crippen LogP contribution in [0.2, 0.25) is 0 Å². The highest BCUT2D eigenvalue weighted by Crippen LogP contribution is 2.22. The number of hydrogen-bond acceptors (Lipinski definition) is 7. The molecule has 0 heterocycles. The molecule has 0 aliphatic rings. The first kappa shape index (κ1) is 27.7. The standard InChI is InChI=1S/C24H40N2O6/c1-17-8-9-20(26(10-12-27)11-13-28)15-18(17)14-19(16-21(29)31-23(2,3)4)25-22(30)32-24(5,6)7/h8-9,15,19,27-28H,10-14,16H2,1-7H3,(H,25,30)/t19-/m1/s1. The van der Waals surface area contributed by atoms with Gasteiger partial charge in [0.2, 0.25) is 0 Å². The molecule has 0 saturated heterocycles. The first-order valence-electron chi connectivity index (χ1n) is 11.0. The van der Waals surface area contributed by atoms with Crippen molar-refractivity contribution in [3.8, 4) is 0 Å². The van der Waals surface area contributed by atoms with Crippen molar-refractivity contribution in [3.63, 3.8) is 0 Å². The van der Waals surface area contributed by atoms with Crippen LogP contribution in [-0.4, -0.2) is 65.8 Å². The average molecular weight is 453 g/mol. The molecule has 8 nitrogen and oxygen atoms in total. The second-order valence-electron chi connectivity index (χ2n) is 9.88. The van der Waals surface area contributed by atoms with Crippen LogP contribution in [0.15, 0.2) is 18.2 Å². The number of benzene rings is 1. The summed E-state index contributed by atoms with van der Waals surface area (Å²) in [6.07, 6.45) is -0.205. The fourth-order valence-electron chi connectivity index (χ4n) is 3.18. The van der Waals surface area contributed by atoms with E-state index in [1.54, 1.807) is 41.5 Å². The molecule has 0 radical (unpaired) electrons. The van der Waals surface area contributed by atoms with Gasteiger partial charge in [0.15, 0.2) is 0 Å². The SMILES string of the molecule is Cc1ccc(N(CCO)CCO)cc1C[C@H](CC(=O)OC(C)(C)C)NC(=O)OC(C)(C)C. The van der Waals surface area contributed by atoms with E-state index in [1.165, 1.54) is 0 Å². The van der Waals surface area contributed by atoms with E-state index in [9.17, 15) is 19.8 Å². The quantitative estimate of drug-likeness (QED) is 0.468. The topological polar surface area (TPSA) is 108 Å². The van der Waals surface area contributed by atoms with Gasteiger partial charge in [-0.15, -0.1) is 0 Å². The Hall–Kier alpha value is -2.32. The van der Waals surface area contributed by atoms with Crippen LogP contribution in [-0.2, 0) is 20.7 Å². The number of hydrogen-bond donors (Lipinski definition) is 3. The summed E-state index contributed by atoms with van der Waals surface area (Å²) in [5.41, 5.74) is 1.50. The van der Waals surface area contributed by atoms with Gasteiger partial charge in [-0.25, -0.2) is 4.79 Å². The minimum atomic E-state index is -0.661. The van der Waals surface area contributed by atoms with Crippen molar-refractivity contribution in [2.45, 2.75) is 78.6 Å². The number of esters is 1. The van der Waals surface area contributed by atoms with E-state index in [2.05, 4.69) is 5.32 Å². The summed E-state index contributed by atoms with van der Waals surface area (Å²) in [4.78, 5) is 26.8. The van der Waals surface area contributed by atoms with Crippen LogP contribution in [0.4, 0.5) is 10.5 Å². The van der Waals surface area contributed by atoms with Crippen molar-refractivity contribution in [1.82, 2.24) is 5.32 Å². The summed E-state index contributed by atoms with van der Waals surface area (Å²) in [6, 6.07) is 5.30. The maximum atomic E-state index is 12.5. The number of ether oxygens (including phenoxy) is 2. The number of nitrogens with zero attached hydrogens (tertiary/aromatic N) is 1. The minimum absolute atomic E-state index is 0.00280. The van der Waals surface area contributed by atoms with E-state index in [0.717, 1.165) is 16.8 Å². The highest BCUT2D eigenvalue weighted by atomic mass is 16.6. The number of rotatable bonds is 10. The molecule has 0 aromatic heterocycles. The van der Waals surface area contributed by atoms with Gasteiger partial charge in [-0.05, 0) is 78.1 Å². The lowest BCUT2D eigenvalue weighted by atomic mass is 9.98. The third-order valence-electron chi connectivity index (χ3n) is 4.46. The van der Waals surface area contributed by atoms with Gasteiger partial charge in [0.05, 0.1) is 19.6 Å². The molecule has 1 aromatic rings. The Bertz CT molecular complexity index is 716. The van der Waals surface area contributed by atoms with Gasteiger partial charge in [0, 0.05) is 24.8 Å². The summed E-state index contributed by atoms with van der Waals surface area (Å²) in [6.45, 7) is 13.4. The molecule has 182 valence electrons. The van der Waals surface area contributed by atoms with Crippen molar-refractivity contribution < 1.29 is 29.3 Å². The van der Waals surface area contributed by atoms with Crippen molar-refractivity contribution in [2.75, 3.05) is 31.2 Å². The van der Waals surface area contributed by atoms with Gasteiger partial charge in [-0.2, -0.15) is 0 Å². The molecule has 0 fully saturated rings. The van der Waals surface area contributed by atoms with Crippen LogP contribution < -0.4 is 10.2 Å². The van der Waals surface area contributed by atoms with Crippen molar-refractivity contribution >= 4 is 17.7 Å². The normalized spacial score (nSPS) is 12.8. The predicted molar refractivity (Wildman–Crippen MR) is 125 cm³/mol. The van der Waals surface area contributed by atoms with Crippen LogP contribution >= 0.6 is 0 Å². The second-order valence-corrected chi connectivity index (χ2v) is 9.88. The van der Waals surface area contributed by atoms with Gasteiger partial charge in [-0.1, -0.05) is 6.07 Å². The van der Waals surface area contributed by atoms with Crippen molar-refractivity contribution in [3.05, 3.63) is 29.3 Å². The molecule has 1 atom stereocenters. The van der Waals surface area contributed by atoms with Gasteiger partial charge in [0.25, 0.3) is 0 Å². The van der Waals surface area contributed by atoms with E-state index in [1.807, 2.05) is 30.0 Å². The zero-order valence-corrected chi connectivity index (χ0v) is 20.5. The zero-order chi connectivity index (χ0) is 24.5. The molecular formula is C24H40N2O6. The summed E-state index contributed by atoms with van der Waals surface area (Å²) < 4.78 is 10.8. The number of nitrogens with one attached hydrogen (secondary N) is 1. The first-order valence-corrected chi connectivity index (χ1v) is 11.0. The summed E-state index contributed by atoms with van der Waals surface area (Å²) >= 11 is 0. The molecular weight excluding hydrogens is 412 g/mol. The largest absolute Gasteiger partial charge is 0.460 e. The number of aryl methyl sites for hydroxylation is 1. The molecule has 3 N–H and O–H groups in total. The van der Waals surface area contributed by atoms with Crippen LogP contribution in [0.5, 0.6) is 0 Å². The molecule has 0 unspecified atom stereocenters. The summed E-state index contributed by atoms with van der Waals surface area (Å²) in [7, 11) is 0. The van der Waals surface area contributed by atoms with Gasteiger partial charge in [-0.3, -0.25) is 4.79 Å². The second kappa shape index (κ2) is 12.1. The fraction of sp³-hybridized carbons (Fsp3) is 0.667. The number of amides is 1. The summed E-state index contributed by atoms with van der Waals surface area (Å²) in [5, 5.41) is 21.5. The van der Waals surface area contributed by atoms with Crippen LogP contribution in [0.1, 0.15) is 59.1 Å². The summed E-state index contributed by atoms with van der Waals surface area (Å²) in [5.74, 6) is -0.408. The van der Waals surface area contributed by atoms with Gasteiger partial charge >= 0.3 is 12.1 Å². The third kappa shape index (κ3) is 10.8. The average Bonchev–Trinajstić information content (AvgIpc) is 2.60. The molecule has 32 heavy (non-hydrogen) atoms. The Balaban J connectivity index is 3.12. The van der Waals surface area contributed by atoms with Crippen molar-refractivity contribution in [1.29, 1.82) is 0 Å². The maximum absolute atomic E-state index is 12.5. The predicted octanol–water partition coefficient (Wildman–Crippen LogP) is 2.95. The smallest absolute Gasteiger partial charge is 0.407 e. The minimum Gasteiger partial charge on any atom is -0.460 e. The Morgan fingerprint density at radius 2 is 1.56 bits per heavy atom. The van der Waals surface area contributed by atoms with E-state index in [-0.39, 0.29) is 19.6 Å².